The maximum atomic E-state index is 13.4. The Labute approximate surface area is 159 Å². The maximum Gasteiger partial charge on any atom is 0.343 e. The molecule has 0 spiro atoms. The summed E-state index contributed by atoms with van der Waals surface area (Å²) < 4.78 is 60.3. The zero-order chi connectivity index (χ0) is 20.3. The Morgan fingerprint density at radius 2 is 1.86 bits per heavy atom. The van der Waals surface area contributed by atoms with Gasteiger partial charge in [0.15, 0.2) is 5.82 Å². The van der Waals surface area contributed by atoms with E-state index in [1.165, 1.54) is 24.3 Å². The van der Waals surface area contributed by atoms with Gasteiger partial charge in [0, 0.05) is 0 Å². The van der Waals surface area contributed by atoms with Crippen LogP contribution in [0.2, 0.25) is 0 Å². The number of nitrogens with zero attached hydrogens (tertiary/aromatic N) is 2. The Kier molecular flexibility index (Phi) is 5.41. The van der Waals surface area contributed by atoms with Crippen molar-refractivity contribution in [1.29, 1.82) is 0 Å². The summed E-state index contributed by atoms with van der Waals surface area (Å²) in [5, 5.41) is 4.01. The number of carbonyl (C=O) groups excluding carboxylic acids is 1. The van der Waals surface area contributed by atoms with Crippen LogP contribution in [-0.2, 0) is 14.8 Å². The van der Waals surface area contributed by atoms with Gasteiger partial charge in [0.05, 0.1) is 23.4 Å². The van der Waals surface area contributed by atoms with Crippen molar-refractivity contribution in [2.24, 2.45) is 0 Å². The lowest BCUT2D eigenvalue weighted by Gasteiger charge is -2.12. The predicted molar refractivity (Wildman–Crippen MR) is 96.7 cm³/mol. The zero-order valence-electron chi connectivity index (χ0n) is 14.6. The van der Waals surface area contributed by atoms with Crippen LogP contribution in [0.15, 0.2) is 59.6 Å². The maximum absolute atomic E-state index is 13.4. The molecule has 3 rings (SSSR count). The summed E-state index contributed by atoms with van der Waals surface area (Å²) in [4.78, 5) is 11.9. The van der Waals surface area contributed by atoms with Crippen molar-refractivity contribution in [3.8, 4) is 5.69 Å². The molecule has 7 nitrogen and oxygen atoms in total. The molecule has 146 valence electrons. The Bertz CT molecular complexity index is 1110. The van der Waals surface area contributed by atoms with E-state index in [9.17, 15) is 22.0 Å². The van der Waals surface area contributed by atoms with Crippen LogP contribution in [-0.4, -0.2) is 30.8 Å². The average molecular weight is 407 g/mol. The highest BCUT2D eigenvalue weighted by atomic mass is 32.2. The van der Waals surface area contributed by atoms with E-state index < -0.39 is 27.6 Å². The number of anilines is 1. The van der Waals surface area contributed by atoms with Crippen molar-refractivity contribution in [2.45, 2.75) is 11.8 Å². The van der Waals surface area contributed by atoms with Crippen molar-refractivity contribution in [1.82, 2.24) is 9.78 Å². The third-order valence-corrected chi connectivity index (χ3v) is 5.01. The lowest BCUT2D eigenvalue weighted by Crippen LogP contribution is -2.18. The molecular formula is C18H15F2N3O4S. The lowest BCUT2D eigenvalue weighted by molar-refractivity contribution is 0.0527. The third kappa shape index (κ3) is 4.01. The van der Waals surface area contributed by atoms with Gasteiger partial charge in [-0.25, -0.2) is 26.7 Å². The first-order valence-corrected chi connectivity index (χ1v) is 9.59. The Morgan fingerprint density at radius 3 is 2.50 bits per heavy atom. The van der Waals surface area contributed by atoms with E-state index in [1.807, 2.05) is 0 Å². The molecule has 0 atom stereocenters. The Hall–Kier alpha value is -3.27. The van der Waals surface area contributed by atoms with Gasteiger partial charge in [0.1, 0.15) is 17.2 Å². The topological polar surface area (TPSA) is 90.3 Å². The number of ether oxygens (including phenoxy) is 1. The molecule has 0 unspecified atom stereocenters. The summed E-state index contributed by atoms with van der Waals surface area (Å²) in [6.45, 7) is 1.66. The monoisotopic (exact) mass is 407 g/mol. The largest absolute Gasteiger partial charge is 0.462 e. The van der Waals surface area contributed by atoms with Crippen molar-refractivity contribution in [2.75, 3.05) is 11.3 Å². The highest BCUT2D eigenvalue weighted by molar-refractivity contribution is 7.92. The number of halogens is 2. The van der Waals surface area contributed by atoms with Crippen LogP contribution in [0.1, 0.15) is 17.3 Å². The lowest BCUT2D eigenvalue weighted by atomic mass is 10.3. The van der Waals surface area contributed by atoms with E-state index in [0.29, 0.717) is 5.69 Å². The van der Waals surface area contributed by atoms with Crippen molar-refractivity contribution in [3.63, 3.8) is 0 Å². The van der Waals surface area contributed by atoms with Gasteiger partial charge >= 0.3 is 5.97 Å². The number of benzene rings is 2. The van der Waals surface area contributed by atoms with Gasteiger partial charge in [-0.15, -0.1) is 0 Å². The number of aromatic nitrogens is 2. The zero-order valence-corrected chi connectivity index (χ0v) is 15.4. The van der Waals surface area contributed by atoms with E-state index in [-0.39, 0.29) is 22.9 Å². The Balaban J connectivity index is 2.10. The molecule has 28 heavy (non-hydrogen) atoms. The summed E-state index contributed by atoms with van der Waals surface area (Å²) in [5.74, 6) is -2.24. The fourth-order valence-electron chi connectivity index (χ4n) is 2.40. The number of nitrogens with one attached hydrogen (secondary N) is 1. The standard InChI is InChI=1S/C18H15F2N3O4S/c1-2-27-18(24)16-11-21-23(14-8-6-12(19)7-9-14)17(16)22-28(25,26)15-5-3-4-13(20)10-15/h3-11,22H,2H2,1H3. The normalized spacial score (nSPS) is 11.2. The number of rotatable bonds is 6. The molecule has 2 aromatic carbocycles. The summed E-state index contributed by atoms with van der Waals surface area (Å²) in [7, 11) is -4.25. The first-order valence-electron chi connectivity index (χ1n) is 8.11. The molecule has 0 saturated heterocycles. The van der Waals surface area contributed by atoms with Gasteiger partial charge < -0.3 is 4.74 Å². The predicted octanol–water partition coefficient (Wildman–Crippen LogP) is 3.13. The van der Waals surface area contributed by atoms with E-state index in [1.54, 1.807) is 6.92 Å². The highest BCUT2D eigenvalue weighted by Gasteiger charge is 2.25. The molecule has 1 aromatic heterocycles. The van der Waals surface area contributed by atoms with Crippen molar-refractivity contribution in [3.05, 3.63) is 71.9 Å². The number of hydrogen-bond acceptors (Lipinski definition) is 5. The second-order valence-corrected chi connectivity index (χ2v) is 7.26. The molecule has 0 aliphatic heterocycles. The Morgan fingerprint density at radius 1 is 1.14 bits per heavy atom. The highest BCUT2D eigenvalue weighted by Crippen LogP contribution is 2.25. The van der Waals surface area contributed by atoms with Gasteiger partial charge in [-0.05, 0) is 49.4 Å². The molecule has 0 bridgehead atoms. The molecule has 0 fully saturated rings. The van der Waals surface area contributed by atoms with E-state index in [2.05, 4.69) is 9.82 Å². The van der Waals surface area contributed by atoms with Gasteiger partial charge in [0.25, 0.3) is 10.0 Å². The molecule has 10 heteroatoms. The molecular weight excluding hydrogens is 392 g/mol. The molecule has 0 aliphatic carbocycles. The second-order valence-electron chi connectivity index (χ2n) is 5.58. The molecule has 0 saturated carbocycles. The number of carbonyl (C=O) groups is 1. The van der Waals surface area contributed by atoms with Crippen LogP contribution in [0.25, 0.3) is 5.69 Å². The number of sulfonamides is 1. The number of esters is 1. The van der Waals surface area contributed by atoms with Gasteiger partial charge in [-0.1, -0.05) is 6.07 Å². The first kappa shape index (κ1) is 19.5. The van der Waals surface area contributed by atoms with Crippen LogP contribution in [0, 0.1) is 11.6 Å². The smallest absolute Gasteiger partial charge is 0.343 e. The molecule has 0 aliphatic rings. The van der Waals surface area contributed by atoms with Gasteiger partial charge in [-0.2, -0.15) is 5.10 Å². The quantitative estimate of drug-likeness (QED) is 0.634. The summed E-state index contributed by atoms with van der Waals surface area (Å²) >= 11 is 0. The summed E-state index contributed by atoms with van der Waals surface area (Å²) in [6, 6.07) is 9.42. The number of hydrogen-bond donors (Lipinski definition) is 1. The average Bonchev–Trinajstić information content (AvgIpc) is 3.05. The molecule has 0 radical (unpaired) electrons. The minimum atomic E-state index is -4.25. The van der Waals surface area contributed by atoms with Crippen LogP contribution < -0.4 is 4.72 Å². The minimum absolute atomic E-state index is 0.0661. The molecule has 1 heterocycles. The molecule has 3 aromatic rings. The van der Waals surface area contributed by atoms with E-state index in [0.717, 1.165) is 35.1 Å². The van der Waals surface area contributed by atoms with Gasteiger partial charge in [-0.3, -0.25) is 4.72 Å². The first-order chi connectivity index (χ1) is 13.3. The van der Waals surface area contributed by atoms with E-state index >= 15 is 0 Å². The summed E-state index contributed by atoms with van der Waals surface area (Å²) in [5.41, 5.74) is 0.153. The SMILES string of the molecule is CCOC(=O)c1cnn(-c2ccc(F)cc2)c1NS(=O)(=O)c1cccc(F)c1. The van der Waals surface area contributed by atoms with E-state index in [4.69, 9.17) is 4.74 Å². The van der Waals surface area contributed by atoms with Crippen molar-refractivity contribution >= 4 is 21.8 Å². The van der Waals surface area contributed by atoms with Crippen LogP contribution in [0.4, 0.5) is 14.6 Å². The third-order valence-electron chi connectivity index (χ3n) is 3.67. The minimum Gasteiger partial charge on any atom is -0.462 e. The fraction of sp³-hybridized carbons (Fsp3) is 0.111. The van der Waals surface area contributed by atoms with Crippen LogP contribution in [0.5, 0.6) is 0 Å². The molecule has 0 amide bonds. The fourth-order valence-corrected chi connectivity index (χ4v) is 3.50. The second kappa shape index (κ2) is 7.77. The van der Waals surface area contributed by atoms with Crippen LogP contribution in [0.3, 0.4) is 0 Å². The van der Waals surface area contributed by atoms with Gasteiger partial charge in [0.2, 0.25) is 0 Å². The van der Waals surface area contributed by atoms with Crippen molar-refractivity contribution < 1.29 is 26.7 Å². The molecule has 1 N–H and O–H groups in total. The van der Waals surface area contributed by atoms with Crippen LogP contribution >= 0.6 is 0 Å². The summed E-state index contributed by atoms with van der Waals surface area (Å²) in [6.07, 6.45) is 1.13.